The van der Waals surface area contributed by atoms with Crippen molar-refractivity contribution in [1.29, 1.82) is 0 Å². The molecule has 122 valence electrons. The van der Waals surface area contributed by atoms with Crippen molar-refractivity contribution >= 4 is 38.6 Å². The first kappa shape index (κ1) is 16.4. The van der Waals surface area contributed by atoms with Crippen LogP contribution in [0.1, 0.15) is 6.42 Å². The van der Waals surface area contributed by atoms with Crippen molar-refractivity contribution in [3.8, 4) is 11.4 Å². The van der Waals surface area contributed by atoms with E-state index in [-0.39, 0.29) is 12.4 Å². The maximum absolute atomic E-state index is 11.3. The lowest BCUT2D eigenvalue weighted by Crippen LogP contribution is -2.11. The summed E-state index contributed by atoms with van der Waals surface area (Å²) in [5.74, 6) is 1.10. The van der Waals surface area contributed by atoms with Gasteiger partial charge in [-0.1, -0.05) is 40.2 Å². The molecule has 1 N–H and O–H groups in total. The number of anilines is 1. The number of fused-ring (bicyclic) bond motifs is 1. The van der Waals surface area contributed by atoms with E-state index in [1.54, 1.807) is 0 Å². The van der Waals surface area contributed by atoms with Gasteiger partial charge in [0.1, 0.15) is 5.82 Å². The Morgan fingerprint density at radius 1 is 1.12 bits per heavy atom. The van der Waals surface area contributed by atoms with Gasteiger partial charge in [-0.15, -0.1) is 0 Å². The van der Waals surface area contributed by atoms with Gasteiger partial charge in [-0.3, -0.25) is 4.79 Å². The minimum absolute atomic E-state index is 0.256. The highest BCUT2D eigenvalue weighted by Crippen LogP contribution is 2.25. The van der Waals surface area contributed by atoms with Crippen LogP contribution in [0.25, 0.3) is 22.3 Å². The number of nitrogens with one attached hydrogen (secondary N) is 1. The third-order valence-corrected chi connectivity index (χ3v) is 4.08. The summed E-state index contributed by atoms with van der Waals surface area (Å²) in [5.41, 5.74) is 1.78. The second kappa shape index (κ2) is 7.40. The van der Waals surface area contributed by atoms with E-state index in [0.29, 0.717) is 18.2 Å². The summed E-state index contributed by atoms with van der Waals surface area (Å²) < 4.78 is 5.67. The maximum atomic E-state index is 11.3. The summed E-state index contributed by atoms with van der Waals surface area (Å²) in [6.45, 7) is 0.452. The summed E-state index contributed by atoms with van der Waals surface area (Å²) in [7, 11) is 1.38. The molecule has 0 aliphatic rings. The molecule has 24 heavy (non-hydrogen) atoms. The first-order valence-corrected chi connectivity index (χ1v) is 8.30. The number of hydrogen-bond donors (Lipinski definition) is 1. The largest absolute Gasteiger partial charge is 0.469 e. The van der Waals surface area contributed by atoms with Crippen molar-refractivity contribution in [3.63, 3.8) is 0 Å². The third kappa shape index (κ3) is 3.71. The number of halogens is 1. The molecule has 0 bridgehead atoms. The van der Waals surface area contributed by atoms with Gasteiger partial charge in [-0.25, -0.2) is 9.97 Å². The van der Waals surface area contributed by atoms with Crippen molar-refractivity contribution < 1.29 is 9.53 Å². The van der Waals surface area contributed by atoms with Gasteiger partial charge < -0.3 is 10.1 Å². The molecule has 1 aromatic heterocycles. The lowest BCUT2D eigenvalue weighted by molar-refractivity contribution is -0.140. The second-order valence-corrected chi connectivity index (χ2v) is 6.09. The lowest BCUT2D eigenvalue weighted by atomic mass is 10.2. The van der Waals surface area contributed by atoms with Crippen LogP contribution in [0.3, 0.4) is 0 Å². The van der Waals surface area contributed by atoms with Gasteiger partial charge in [0.25, 0.3) is 0 Å². The van der Waals surface area contributed by atoms with E-state index in [0.717, 1.165) is 20.9 Å². The number of methoxy groups -OCH3 is 1. The molecule has 3 rings (SSSR count). The molecule has 2 aromatic carbocycles. The Bertz CT molecular complexity index is 866. The highest BCUT2D eigenvalue weighted by Gasteiger charge is 2.10. The highest BCUT2D eigenvalue weighted by molar-refractivity contribution is 9.10. The summed E-state index contributed by atoms with van der Waals surface area (Å²) in [4.78, 5) is 20.6. The molecule has 0 radical (unpaired) electrons. The Morgan fingerprint density at radius 3 is 2.62 bits per heavy atom. The average molecular weight is 386 g/mol. The average Bonchev–Trinajstić information content (AvgIpc) is 2.62. The number of aromatic nitrogens is 2. The molecule has 0 saturated heterocycles. The van der Waals surface area contributed by atoms with Crippen LogP contribution in [0.4, 0.5) is 5.82 Å². The van der Waals surface area contributed by atoms with Crippen LogP contribution >= 0.6 is 15.9 Å². The van der Waals surface area contributed by atoms with E-state index < -0.39 is 0 Å². The Morgan fingerprint density at radius 2 is 1.88 bits per heavy atom. The van der Waals surface area contributed by atoms with E-state index in [2.05, 4.69) is 36.0 Å². The number of benzene rings is 2. The van der Waals surface area contributed by atoms with Crippen LogP contribution in [0.2, 0.25) is 0 Å². The molecule has 6 heteroatoms. The van der Waals surface area contributed by atoms with Crippen LogP contribution in [0, 0.1) is 0 Å². The standard InChI is InChI=1S/C18H16BrN3O2/c1-24-16(23)10-11-20-18-14-4-2-3-5-15(14)21-17(22-18)12-6-8-13(19)9-7-12/h2-9H,10-11H2,1H3,(H,20,21,22). The van der Waals surface area contributed by atoms with Crippen LogP contribution in [0.5, 0.6) is 0 Å². The number of rotatable bonds is 5. The summed E-state index contributed by atoms with van der Waals surface area (Å²) in [5, 5.41) is 4.13. The fourth-order valence-electron chi connectivity index (χ4n) is 2.32. The lowest BCUT2D eigenvalue weighted by Gasteiger charge is -2.10. The third-order valence-electron chi connectivity index (χ3n) is 3.55. The van der Waals surface area contributed by atoms with Gasteiger partial charge in [-0.2, -0.15) is 0 Å². The van der Waals surface area contributed by atoms with Crippen molar-refractivity contribution in [2.24, 2.45) is 0 Å². The Kier molecular flexibility index (Phi) is 5.05. The molecular weight excluding hydrogens is 370 g/mol. The Hall–Kier alpha value is -2.47. The van der Waals surface area contributed by atoms with Crippen molar-refractivity contribution in [2.45, 2.75) is 6.42 Å². The number of ether oxygens (including phenoxy) is 1. The highest BCUT2D eigenvalue weighted by atomic mass is 79.9. The van der Waals surface area contributed by atoms with Crippen LogP contribution in [-0.4, -0.2) is 29.6 Å². The van der Waals surface area contributed by atoms with Crippen LogP contribution in [0.15, 0.2) is 53.0 Å². The van der Waals surface area contributed by atoms with Crippen LogP contribution in [-0.2, 0) is 9.53 Å². The fraction of sp³-hybridized carbons (Fsp3) is 0.167. The fourth-order valence-corrected chi connectivity index (χ4v) is 2.59. The molecule has 1 heterocycles. The zero-order valence-corrected chi connectivity index (χ0v) is 14.7. The molecule has 0 fully saturated rings. The number of nitrogens with zero attached hydrogens (tertiary/aromatic N) is 2. The molecule has 5 nitrogen and oxygen atoms in total. The quantitative estimate of drug-likeness (QED) is 0.671. The van der Waals surface area contributed by atoms with Crippen molar-refractivity contribution in [1.82, 2.24) is 9.97 Å². The summed E-state index contributed by atoms with van der Waals surface area (Å²) in [6, 6.07) is 15.6. The van der Waals surface area contributed by atoms with E-state index >= 15 is 0 Å². The first-order valence-electron chi connectivity index (χ1n) is 7.51. The number of carbonyl (C=O) groups excluding carboxylic acids is 1. The summed E-state index contributed by atoms with van der Waals surface area (Å²) in [6.07, 6.45) is 0.280. The van der Waals surface area contributed by atoms with Crippen molar-refractivity contribution in [3.05, 3.63) is 53.0 Å². The first-order chi connectivity index (χ1) is 11.7. The molecule has 0 unspecified atom stereocenters. The molecule has 0 spiro atoms. The predicted molar refractivity (Wildman–Crippen MR) is 97.8 cm³/mol. The molecule has 0 amide bonds. The van der Waals surface area contributed by atoms with Gasteiger partial charge in [0.15, 0.2) is 5.82 Å². The second-order valence-electron chi connectivity index (χ2n) is 5.17. The maximum Gasteiger partial charge on any atom is 0.307 e. The Labute approximate surface area is 148 Å². The van der Waals surface area contributed by atoms with E-state index in [4.69, 9.17) is 0 Å². The van der Waals surface area contributed by atoms with E-state index in [1.165, 1.54) is 7.11 Å². The monoisotopic (exact) mass is 385 g/mol. The zero-order valence-electron chi connectivity index (χ0n) is 13.1. The normalized spacial score (nSPS) is 10.6. The zero-order chi connectivity index (χ0) is 16.9. The number of hydrogen-bond acceptors (Lipinski definition) is 5. The van der Waals surface area contributed by atoms with Gasteiger partial charge in [-0.05, 0) is 24.3 Å². The van der Waals surface area contributed by atoms with Gasteiger partial charge in [0.05, 0.1) is 19.0 Å². The van der Waals surface area contributed by atoms with E-state index in [9.17, 15) is 4.79 Å². The molecule has 3 aromatic rings. The minimum Gasteiger partial charge on any atom is -0.469 e. The van der Waals surface area contributed by atoms with Crippen molar-refractivity contribution in [2.75, 3.05) is 19.0 Å². The molecule has 0 saturated carbocycles. The Balaban J connectivity index is 1.96. The number of esters is 1. The summed E-state index contributed by atoms with van der Waals surface area (Å²) >= 11 is 3.43. The van der Waals surface area contributed by atoms with Gasteiger partial charge >= 0.3 is 5.97 Å². The SMILES string of the molecule is COC(=O)CCNc1nc(-c2ccc(Br)cc2)nc2ccccc12. The molecule has 0 atom stereocenters. The topological polar surface area (TPSA) is 64.1 Å². The molecule has 0 aliphatic heterocycles. The number of carbonyl (C=O) groups is 1. The van der Waals surface area contributed by atoms with Gasteiger partial charge in [0, 0.05) is 22.0 Å². The van der Waals surface area contributed by atoms with E-state index in [1.807, 2.05) is 48.5 Å². The molecular formula is C18H16BrN3O2. The minimum atomic E-state index is -0.256. The van der Waals surface area contributed by atoms with Crippen LogP contribution < -0.4 is 5.32 Å². The smallest absolute Gasteiger partial charge is 0.307 e. The predicted octanol–water partition coefficient (Wildman–Crippen LogP) is 4.03. The van der Waals surface area contributed by atoms with Gasteiger partial charge in [0.2, 0.25) is 0 Å². The molecule has 0 aliphatic carbocycles. The number of para-hydroxylation sites is 1.